The summed E-state index contributed by atoms with van der Waals surface area (Å²) in [6.45, 7) is 3.03. The van der Waals surface area contributed by atoms with E-state index in [0.29, 0.717) is 35.0 Å². The summed E-state index contributed by atoms with van der Waals surface area (Å²) in [6.07, 6.45) is 1.79. The van der Waals surface area contributed by atoms with Crippen molar-refractivity contribution >= 4 is 23.3 Å². The maximum absolute atomic E-state index is 13.5. The van der Waals surface area contributed by atoms with E-state index in [-0.39, 0.29) is 17.3 Å². The summed E-state index contributed by atoms with van der Waals surface area (Å²) >= 11 is 0. The largest absolute Gasteiger partial charge is 0.463 e. The van der Waals surface area contributed by atoms with E-state index in [1.807, 2.05) is 4.57 Å². The SMILES string of the molecule is COC(=O)C(=O)c1c(C)c(C(=O)Nc2ccnc(C(C)F)c2)n2c1C[C@H]1C[C@H]12. The van der Waals surface area contributed by atoms with Gasteiger partial charge < -0.3 is 14.6 Å². The topological polar surface area (TPSA) is 90.3 Å². The van der Waals surface area contributed by atoms with Crippen molar-refractivity contribution in [2.45, 2.75) is 38.9 Å². The fraction of sp³-hybridized carbons (Fsp3) is 0.400. The Morgan fingerprint density at radius 1 is 1.39 bits per heavy atom. The van der Waals surface area contributed by atoms with Crippen LogP contribution in [-0.4, -0.2) is 34.3 Å². The number of carbonyl (C=O) groups excluding carboxylic acids is 3. The van der Waals surface area contributed by atoms with Crippen LogP contribution in [0.15, 0.2) is 18.3 Å². The van der Waals surface area contributed by atoms with E-state index in [0.717, 1.165) is 13.5 Å². The molecule has 1 fully saturated rings. The molecule has 0 aromatic carbocycles. The van der Waals surface area contributed by atoms with E-state index < -0.39 is 23.8 Å². The van der Waals surface area contributed by atoms with Crippen LogP contribution in [0.4, 0.5) is 10.1 Å². The second kappa shape index (κ2) is 6.54. The first-order valence-corrected chi connectivity index (χ1v) is 9.11. The number of pyridine rings is 1. The van der Waals surface area contributed by atoms with Crippen molar-refractivity contribution in [1.29, 1.82) is 0 Å². The molecule has 2 aromatic rings. The number of nitrogens with one attached hydrogen (secondary N) is 1. The van der Waals surface area contributed by atoms with Crippen LogP contribution >= 0.6 is 0 Å². The second-order valence-electron chi connectivity index (χ2n) is 7.29. The molecule has 146 valence electrons. The zero-order valence-corrected chi connectivity index (χ0v) is 15.8. The lowest BCUT2D eigenvalue weighted by Gasteiger charge is -2.11. The van der Waals surface area contributed by atoms with Gasteiger partial charge in [0.2, 0.25) is 0 Å². The highest BCUT2D eigenvalue weighted by atomic mass is 19.1. The number of carbonyl (C=O) groups is 3. The quantitative estimate of drug-likeness (QED) is 0.486. The summed E-state index contributed by atoms with van der Waals surface area (Å²) in [6, 6.07) is 3.23. The van der Waals surface area contributed by atoms with Crippen LogP contribution in [0.5, 0.6) is 0 Å². The van der Waals surface area contributed by atoms with Crippen molar-refractivity contribution in [3.8, 4) is 0 Å². The molecule has 3 heterocycles. The third kappa shape index (κ3) is 2.80. The highest BCUT2D eigenvalue weighted by Crippen LogP contribution is 2.54. The average molecular weight is 385 g/mol. The number of nitrogens with zero attached hydrogens (tertiary/aromatic N) is 2. The second-order valence-corrected chi connectivity index (χ2v) is 7.29. The number of hydrogen-bond acceptors (Lipinski definition) is 5. The molecule has 28 heavy (non-hydrogen) atoms. The van der Waals surface area contributed by atoms with Gasteiger partial charge in [-0.05, 0) is 50.3 Å². The lowest BCUT2D eigenvalue weighted by Crippen LogP contribution is -2.19. The van der Waals surface area contributed by atoms with Crippen LogP contribution in [0.2, 0.25) is 0 Å². The highest BCUT2D eigenvalue weighted by Gasteiger charge is 2.50. The minimum atomic E-state index is -1.26. The van der Waals surface area contributed by atoms with Crippen LogP contribution in [-0.2, 0) is 16.0 Å². The highest BCUT2D eigenvalue weighted by molar-refractivity contribution is 6.41. The first kappa shape index (κ1) is 18.3. The number of methoxy groups -OCH3 is 1. The van der Waals surface area contributed by atoms with Crippen molar-refractivity contribution in [1.82, 2.24) is 9.55 Å². The Morgan fingerprint density at radius 3 is 2.82 bits per heavy atom. The number of Topliss-reactive ketones (excluding diaryl/α,β-unsaturated/α-hetero) is 1. The maximum Gasteiger partial charge on any atom is 0.379 e. The molecular weight excluding hydrogens is 365 g/mol. The summed E-state index contributed by atoms with van der Waals surface area (Å²) in [5, 5.41) is 2.76. The van der Waals surface area contributed by atoms with Gasteiger partial charge in [-0.3, -0.25) is 14.6 Å². The number of anilines is 1. The van der Waals surface area contributed by atoms with Crippen LogP contribution in [0, 0.1) is 12.8 Å². The number of ether oxygens (including phenoxy) is 1. The molecule has 1 N–H and O–H groups in total. The Balaban J connectivity index is 1.72. The fourth-order valence-electron chi connectivity index (χ4n) is 4.06. The minimum Gasteiger partial charge on any atom is -0.463 e. The van der Waals surface area contributed by atoms with Gasteiger partial charge in [-0.2, -0.15) is 0 Å². The molecule has 2 aliphatic rings. The number of ketones is 1. The molecule has 7 nitrogen and oxygen atoms in total. The van der Waals surface area contributed by atoms with Crippen LogP contribution < -0.4 is 5.32 Å². The van der Waals surface area contributed by atoms with Gasteiger partial charge in [0.05, 0.1) is 18.4 Å². The Hall–Kier alpha value is -3.03. The summed E-state index contributed by atoms with van der Waals surface area (Å²) in [5.41, 5.74) is 2.43. The van der Waals surface area contributed by atoms with Gasteiger partial charge >= 0.3 is 5.97 Å². The number of alkyl halides is 1. The van der Waals surface area contributed by atoms with Gasteiger partial charge in [0.15, 0.2) is 0 Å². The van der Waals surface area contributed by atoms with E-state index in [2.05, 4.69) is 15.0 Å². The predicted octanol–water partition coefficient (Wildman–Crippen LogP) is 2.95. The van der Waals surface area contributed by atoms with Gasteiger partial charge in [-0.25, -0.2) is 9.18 Å². The number of fused-ring (bicyclic) bond motifs is 3. The lowest BCUT2D eigenvalue weighted by atomic mass is 10.0. The molecule has 1 amide bonds. The van der Waals surface area contributed by atoms with Gasteiger partial charge in [-0.1, -0.05) is 0 Å². The first-order chi connectivity index (χ1) is 13.3. The Bertz CT molecular complexity index is 1010. The summed E-state index contributed by atoms with van der Waals surface area (Å²) in [5.74, 6) is -1.69. The molecule has 1 aliphatic carbocycles. The van der Waals surface area contributed by atoms with Crippen molar-refractivity contribution in [2.24, 2.45) is 5.92 Å². The van der Waals surface area contributed by atoms with E-state index >= 15 is 0 Å². The Kier molecular flexibility index (Phi) is 4.28. The van der Waals surface area contributed by atoms with E-state index in [1.165, 1.54) is 19.2 Å². The summed E-state index contributed by atoms with van der Waals surface area (Å²) < 4.78 is 20.0. The molecule has 0 radical (unpaired) electrons. The van der Waals surface area contributed by atoms with Crippen molar-refractivity contribution in [3.63, 3.8) is 0 Å². The Labute approximate surface area is 160 Å². The number of rotatable bonds is 5. The molecule has 1 unspecified atom stereocenters. The normalized spacial score (nSPS) is 20.1. The molecule has 0 bridgehead atoms. The predicted molar refractivity (Wildman–Crippen MR) is 98.1 cm³/mol. The number of esters is 1. The number of aromatic nitrogens is 2. The first-order valence-electron chi connectivity index (χ1n) is 9.11. The summed E-state index contributed by atoms with van der Waals surface area (Å²) in [4.78, 5) is 41.3. The van der Waals surface area contributed by atoms with Crippen LogP contribution in [0.25, 0.3) is 0 Å². The molecular formula is C20H20FN3O4. The van der Waals surface area contributed by atoms with Crippen molar-refractivity contribution in [3.05, 3.63) is 46.5 Å². The van der Waals surface area contributed by atoms with E-state index in [1.54, 1.807) is 13.0 Å². The zero-order valence-electron chi connectivity index (χ0n) is 15.8. The van der Waals surface area contributed by atoms with E-state index in [4.69, 9.17) is 0 Å². The maximum atomic E-state index is 13.5. The lowest BCUT2D eigenvalue weighted by molar-refractivity contribution is -0.135. The molecule has 8 heteroatoms. The van der Waals surface area contributed by atoms with Crippen molar-refractivity contribution in [2.75, 3.05) is 12.4 Å². The summed E-state index contributed by atoms with van der Waals surface area (Å²) in [7, 11) is 1.16. The number of amides is 1. The molecule has 0 saturated heterocycles. The van der Waals surface area contributed by atoms with Gasteiger partial charge in [0.25, 0.3) is 11.7 Å². The molecule has 0 spiro atoms. The number of halogens is 1. The molecule has 3 atom stereocenters. The third-order valence-corrected chi connectivity index (χ3v) is 5.48. The van der Waals surface area contributed by atoms with Crippen LogP contribution in [0.3, 0.4) is 0 Å². The van der Waals surface area contributed by atoms with Gasteiger partial charge in [-0.15, -0.1) is 0 Å². The third-order valence-electron chi connectivity index (χ3n) is 5.48. The fourth-order valence-corrected chi connectivity index (χ4v) is 4.06. The Morgan fingerprint density at radius 2 is 2.14 bits per heavy atom. The van der Waals surface area contributed by atoms with Gasteiger partial charge in [0, 0.05) is 23.6 Å². The van der Waals surface area contributed by atoms with Crippen LogP contribution in [0.1, 0.15) is 63.4 Å². The van der Waals surface area contributed by atoms with Gasteiger partial charge in [0.1, 0.15) is 11.9 Å². The molecule has 1 aliphatic heterocycles. The minimum absolute atomic E-state index is 0.174. The molecule has 2 aromatic heterocycles. The molecule has 4 rings (SSSR count). The zero-order chi connectivity index (χ0) is 20.2. The average Bonchev–Trinajstić information content (AvgIpc) is 3.24. The smallest absolute Gasteiger partial charge is 0.379 e. The standard InChI is InChI=1S/C20H20FN3O4/c1-9-16(18(25)20(27)28-3)15-7-11-6-14(11)24(15)17(9)19(26)23-12-4-5-22-13(8-12)10(2)21/h4-5,8,10-11,14H,6-7H2,1-3H3,(H,22,23,26)/t10?,11-,14-/m1/s1. The number of hydrogen-bond donors (Lipinski definition) is 1. The van der Waals surface area contributed by atoms with Crippen molar-refractivity contribution < 1.29 is 23.5 Å². The monoisotopic (exact) mass is 385 g/mol. The molecule has 1 saturated carbocycles. The van der Waals surface area contributed by atoms with E-state index in [9.17, 15) is 18.8 Å².